The number of rotatable bonds is 6. The smallest absolute Gasteiger partial charge is 0.164 e. The van der Waals surface area contributed by atoms with E-state index in [1.54, 1.807) is 0 Å². The quantitative estimate of drug-likeness (QED) is 0.160. The van der Waals surface area contributed by atoms with Gasteiger partial charge in [-0.3, -0.25) is 0 Å². The predicted molar refractivity (Wildman–Crippen MR) is 235 cm³/mol. The van der Waals surface area contributed by atoms with Gasteiger partial charge in [0.1, 0.15) is 11.2 Å². The van der Waals surface area contributed by atoms with Gasteiger partial charge in [0.15, 0.2) is 17.5 Å². The molecular formula is C53H35N3O. The highest BCUT2D eigenvalue weighted by atomic mass is 16.3. The van der Waals surface area contributed by atoms with Crippen molar-refractivity contribution in [3.8, 4) is 56.4 Å². The molecule has 268 valence electrons. The van der Waals surface area contributed by atoms with E-state index in [4.69, 9.17) is 19.4 Å². The van der Waals surface area contributed by atoms with Gasteiger partial charge in [0.25, 0.3) is 0 Å². The largest absolute Gasteiger partial charge is 0.456 e. The number of aromatic nitrogens is 3. The lowest BCUT2D eigenvalue weighted by Gasteiger charge is -2.14. The fourth-order valence-corrected chi connectivity index (χ4v) is 8.38. The van der Waals surface area contributed by atoms with Gasteiger partial charge in [0, 0.05) is 33.4 Å². The van der Waals surface area contributed by atoms with Crippen molar-refractivity contribution in [1.29, 1.82) is 0 Å². The summed E-state index contributed by atoms with van der Waals surface area (Å²) in [6, 6.07) is 59.8. The normalized spacial score (nSPS) is 13.9. The van der Waals surface area contributed by atoms with Crippen LogP contribution in [0.4, 0.5) is 0 Å². The van der Waals surface area contributed by atoms with Gasteiger partial charge < -0.3 is 4.42 Å². The Labute approximate surface area is 330 Å². The molecule has 0 saturated carbocycles. The Morgan fingerprint density at radius 2 is 1.07 bits per heavy atom. The fourth-order valence-electron chi connectivity index (χ4n) is 8.38. The minimum absolute atomic E-state index is 0.365. The van der Waals surface area contributed by atoms with E-state index in [1.165, 1.54) is 38.2 Å². The highest BCUT2D eigenvalue weighted by Gasteiger charge is 2.19. The Hall–Kier alpha value is -7.43. The molecule has 1 aliphatic carbocycles. The number of allylic oxidation sites excluding steroid dienone is 4. The third kappa shape index (κ3) is 5.90. The van der Waals surface area contributed by atoms with Crippen LogP contribution in [-0.2, 0) is 0 Å². The molecule has 0 amide bonds. The van der Waals surface area contributed by atoms with E-state index in [0.717, 1.165) is 56.2 Å². The first-order valence-corrected chi connectivity index (χ1v) is 19.5. The van der Waals surface area contributed by atoms with Crippen LogP contribution in [0.5, 0.6) is 0 Å². The number of fused-ring (bicyclic) bond motifs is 6. The minimum Gasteiger partial charge on any atom is -0.456 e. The molecule has 1 aliphatic rings. The third-order valence-corrected chi connectivity index (χ3v) is 11.3. The van der Waals surface area contributed by atoms with Crippen LogP contribution in [0.1, 0.15) is 17.9 Å². The van der Waals surface area contributed by atoms with Crippen LogP contribution in [0, 0.1) is 0 Å². The van der Waals surface area contributed by atoms with Crippen LogP contribution in [0.25, 0.3) is 99.9 Å². The number of hydrogen-bond acceptors (Lipinski definition) is 4. The van der Waals surface area contributed by atoms with Gasteiger partial charge in [-0.25, -0.2) is 15.0 Å². The molecule has 0 N–H and O–H groups in total. The van der Waals surface area contributed by atoms with Crippen molar-refractivity contribution in [2.75, 3.05) is 0 Å². The van der Waals surface area contributed by atoms with E-state index in [9.17, 15) is 0 Å². The maximum absolute atomic E-state index is 6.65. The van der Waals surface area contributed by atoms with Gasteiger partial charge in [-0.2, -0.15) is 0 Å². The van der Waals surface area contributed by atoms with Gasteiger partial charge in [-0.15, -0.1) is 0 Å². The third-order valence-electron chi connectivity index (χ3n) is 11.3. The Morgan fingerprint density at radius 3 is 1.84 bits per heavy atom. The molecule has 57 heavy (non-hydrogen) atoms. The van der Waals surface area contributed by atoms with E-state index < -0.39 is 0 Å². The van der Waals surface area contributed by atoms with Crippen LogP contribution in [0.3, 0.4) is 0 Å². The van der Waals surface area contributed by atoms with Crippen molar-refractivity contribution in [3.63, 3.8) is 0 Å². The number of furan rings is 1. The molecule has 2 heterocycles. The van der Waals surface area contributed by atoms with Crippen molar-refractivity contribution >= 4 is 43.5 Å². The van der Waals surface area contributed by atoms with E-state index in [0.29, 0.717) is 23.4 Å². The highest BCUT2D eigenvalue weighted by molar-refractivity contribution is 6.16. The van der Waals surface area contributed by atoms with Crippen LogP contribution in [-0.4, -0.2) is 15.0 Å². The molecule has 0 radical (unpaired) electrons. The summed E-state index contributed by atoms with van der Waals surface area (Å²) in [6.45, 7) is 0. The van der Waals surface area contributed by atoms with E-state index >= 15 is 0 Å². The topological polar surface area (TPSA) is 51.8 Å². The molecular weight excluding hydrogens is 695 g/mol. The summed E-state index contributed by atoms with van der Waals surface area (Å²) in [7, 11) is 0. The predicted octanol–water partition coefficient (Wildman–Crippen LogP) is 14.0. The molecule has 0 bridgehead atoms. The Kier molecular flexibility index (Phi) is 7.92. The molecule has 0 fully saturated rings. The molecule has 4 heteroatoms. The standard InChI is InChI=1S/C53H35N3O/c1-3-12-34(13-4-1)36-22-26-38(27-23-36)51-54-52(39-28-24-37(25-29-39)35-14-5-2-6-15-35)56-53(55-51)46-20-11-21-48-50(46)45-31-30-41(33-49(45)57-48)47-32-40-16-7-8-17-42(40)43-18-9-10-19-44(43)47/h1-14,16-33,35H,15H2. The van der Waals surface area contributed by atoms with Crippen molar-refractivity contribution < 1.29 is 4.42 Å². The average molecular weight is 730 g/mol. The number of hydrogen-bond donors (Lipinski definition) is 0. The Morgan fingerprint density at radius 1 is 0.421 bits per heavy atom. The summed E-state index contributed by atoms with van der Waals surface area (Å²) < 4.78 is 6.65. The maximum atomic E-state index is 6.65. The zero-order chi connectivity index (χ0) is 37.7. The molecule has 11 rings (SSSR count). The van der Waals surface area contributed by atoms with E-state index in [1.807, 2.05) is 18.2 Å². The van der Waals surface area contributed by atoms with Gasteiger partial charge in [-0.05, 0) is 80.0 Å². The van der Waals surface area contributed by atoms with Crippen LogP contribution >= 0.6 is 0 Å². The van der Waals surface area contributed by atoms with E-state index in [-0.39, 0.29) is 0 Å². The molecule has 0 spiro atoms. The number of benzene rings is 8. The highest BCUT2D eigenvalue weighted by Crippen LogP contribution is 2.41. The molecule has 8 aromatic carbocycles. The maximum Gasteiger partial charge on any atom is 0.164 e. The summed E-state index contributed by atoms with van der Waals surface area (Å²) in [6.07, 6.45) is 9.72. The van der Waals surface area contributed by atoms with Crippen molar-refractivity contribution in [2.45, 2.75) is 12.3 Å². The molecule has 1 unspecified atom stereocenters. The molecule has 0 saturated heterocycles. The first kappa shape index (κ1) is 33.0. The first-order chi connectivity index (χ1) is 28.2. The minimum atomic E-state index is 0.365. The zero-order valence-electron chi connectivity index (χ0n) is 31.0. The lowest BCUT2D eigenvalue weighted by molar-refractivity contribution is 0.669. The van der Waals surface area contributed by atoms with Gasteiger partial charge >= 0.3 is 0 Å². The van der Waals surface area contributed by atoms with Gasteiger partial charge in [0.2, 0.25) is 0 Å². The van der Waals surface area contributed by atoms with Crippen molar-refractivity contribution in [1.82, 2.24) is 15.0 Å². The average Bonchev–Trinajstić information content (AvgIpc) is 3.68. The van der Waals surface area contributed by atoms with E-state index in [2.05, 4.69) is 176 Å². The van der Waals surface area contributed by atoms with Crippen molar-refractivity contribution in [3.05, 3.63) is 200 Å². The lowest BCUT2D eigenvalue weighted by Crippen LogP contribution is -2.01. The second kappa shape index (κ2) is 13.7. The summed E-state index contributed by atoms with van der Waals surface area (Å²) in [4.78, 5) is 15.5. The van der Waals surface area contributed by atoms with Crippen molar-refractivity contribution in [2.24, 2.45) is 0 Å². The fraction of sp³-hybridized carbons (Fsp3) is 0.0377. The Balaban J connectivity index is 1.05. The molecule has 0 aliphatic heterocycles. The van der Waals surface area contributed by atoms with Crippen LogP contribution < -0.4 is 0 Å². The summed E-state index contributed by atoms with van der Waals surface area (Å²) in [5.74, 6) is 2.21. The summed E-state index contributed by atoms with van der Waals surface area (Å²) >= 11 is 0. The SMILES string of the molecule is C1=CCC(c2ccc(-c3nc(-c4ccc(-c5ccccc5)cc4)nc(-c4cccc5oc6cc(-c7cc8ccccc8c8ccccc78)ccc6c45)n3)cc2)C=C1. The van der Waals surface area contributed by atoms with Gasteiger partial charge in [-0.1, -0.05) is 170 Å². The van der Waals surface area contributed by atoms with Crippen LogP contribution in [0.2, 0.25) is 0 Å². The second-order valence-electron chi connectivity index (χ2n) is 14.7. The first-order valence-electron chi connectivity index (χ1n) is 19.5. The lowest BCUT2D eigenvalue weighted by atomic mass is 9.92. The second-order valence-corrected chi connectivity index (χ2v) is 14.7. The summed E-state index contributed by atoms with van der Waals surface area (Å²) in [5.41, 5.74) is 10.2. The zero-order valence-corrected chi connectivity index (χ0v) is 31.0. The Bertz CT molecular complexity index is 3190. The number of nitrogens with zero attached hydrogens (tertiary/aromatic N) is 3. The molecule has 2 aromatic heterocycles. The van der Waals surface area contributed by atoms with Crippen LogP contribution in [0.15, 0.2) is 199 Å². The molecule has 4 nitrogen and oxygen atoms in total. The molecule has 10 aromatic rings. The molecule has 1 atom stereocenters. The summed E-state index contributed by atoms with van der Waals surface area (Å²) in [5, 5.41) is 6.93. The van der Waals surface area contributed by atoms with Gasteiger partial charge in [0.05, 0.1) is 0 Å². The monoisotopic (exact) mass is 729 g/mol.